The maximum Gasteiger partial charge on any atom is 0.270 e. The fraction of sp³-hybridized carbons (Fsp3) is 0.143. The van der Waals surface area contributed by atoms with E-state index in [1.54, 1.807) is 6.08 Å². The Labute approximate surface area is 168 Å². The van der Waals surface area contributed by atoms with Gasteiger partial charge in [-0.2, -0.15) is 0 Å². The van der Waals surface area contributed by atoms with Crippen LogP contribution < -0.4 is 14.4 Å². The number of amides is 1. The first-order valence-corrected chi connectivity index (χ1v) is 9.70. The van der Waals surface area contributed by atoms with Crippen LogP contribution in [0.25, 0.3) is 6.08 Å². The van der Waals surface area contributed by atoms with Gasteiger partial charge in [0.1, 0.15) is 18.1 Å². The number of thiocarbonyl (C=S) groups is 1. The van der Waals surface area contributed by atoms with Crippen molar-refractivity contribution in [2.75, 3.05) is 18.1 Å². The van der Waals surface area contributed by atoms with Gasteiger partial charge >= 0.3 is 0 Å². The lowest BCUT2D eigenvalue weighted by molar-refractivity contribution is -0.113. The molecule has 0 bridgehead atoms. The molecule has 0 atom stereocenters. The van der Waals surface area contributed by atoms with Gasteiger partial charge in [0.05, 0.1) is 17.2 Å². The smallest absolute Gasteiger partial charge is 0.270 e. The maximum atomic E-state index is 12.9. The van der Waals surface area contributed by atoms with E-state index in [-0.39, 0.29) is 5.91 Å². The molecule has 0 saturated carbocycles. The van der Waals surface area contributed by atoms with Crippen molar-refractivity contribution in [2.45, 2.75) is 6.92 Å². The van der Waals surface area contributed by atoms with E-state index < -0.39 is 0 Å². The summed E-state index contributed by atoms with van der Waals surface area (Å²) in [7, 11) is 0. The summed E-state index contributed by atoms with van der Waals surface area (Å²) in [6.07, 6.45) is 3.53. The van der Waals surface area contributed by atoms with Crippen LogP contribution in [0.3, 0.4) is 0 Å². The molecule has 1 amide bonds. The lowest BCUT2D eigenvalue weighted by Gasteiger charge is -2.18. The first-order valence-electron chi connectivity index (χ1n) is 8.47. The summed E-state index contributed by atoms with van der Waals surface area (Å²) in [5.41, 5.74) is 1.57. The number of rotatable bonds is 7. The van der Waals surface area contributed by atoms with Crippen LogP contribution in [0.15, 0.2) is 66.1 Å². The normalized spacial score (nSPS) is 15.3. The lowest BCUT2D eigenvalue weighted by Crippen LogP contribution is -2.28. The minimum absolute atomic E-state index is 0.149. The molecule has 1 aliphatic rings. The highest BCUT2D eigenvalue weighted by molar-refractivity contribution is 8.27. The Morgan fingerprint density at radius 3 is 2.59 bits per heavy atom. The van der Waals surface area contributed by atoms with Gasteiger partial charge in [-0.3, -0.25) is 9.69 Å². The predicted octanol–water partition coefficient (Wildman–Crippen LogP) is 5.06. The average molecular weight is 398 g/mol. The van der Waals surface area contributed by atoms with Gasteiger partial charge in [0.15, 0.2) is 4.32 Å². The quantitative estimate of drug-likeness (QED) is 0.371. The number of carbonyl (C=O) groups is 1. The van der Waals surface area contributed by atoms with Gasteiger partial charge in [0.2, 0.25) is 0 Å². The second-order valence-electron chi connectivity index (χ2n) is 5.59. The molecule has 0 unspecified atom stereocenters. The Bertz CT molecular complexity index is 891. The molecule has 1 fully saturated rings. The van der Waals surface area contributed by atoms with Gasteiger partial charge < -0.3 is 9.47 Å². The van der Waals surface area contributed by atoms with Crippen LogP contribution in [0, 0.1) is 0 Å². The highest BCUT2D eigenvalue weighted by Gasteiger charge is 2.34. The van der Waals surface area contributed by atoms with Crippen molar-refractivity contribution < 1.29 is 14.3 Å². The summed E-state index contributed by atoms with van der Waals surface area (Å²) in [6, 6.07) is 14.9. The molecular weight excluding hydrogens is 378 g/mol. The standard InChI is InChI=1S/C21H19NO3S2/c1-3-13-25-16-11-9-15(10-12-16)14-19-20(23)22(21(26)27-19)17-7-5-6-8-18(17)24-4-2/h3,5-12,14H,1,4,13H2,2H3. The first kappa shape index (κ1) is 19.2. The topological polar surface area (TPSA) is 38.8 Å². The molecule has 0 N–H and O–H groups in total. The lowest BCUT2D eigenvalue weighted by atomic mass is 10.2. The fourth-order valence-corrected chi connectivity index (χ4v) is 3.85. The Balaban J connectivity index is 1.84. The van der Waals surface area contributed by atoms with Crippen molar-refractivity contribution in [3.63, 3.8) is 0 Å². The van der Waals surface area contributed by atoms with Crippen LogP contribution in [0.1, 0.15) is 12.5 Å². The molecule has 0 aliphatic carbocycles. The van der Waals surface area contributed by atoms with Gasteiger partial charge in [0.25, 0.3) is 5.91 Å². The Hall–Kier alpha value is -2.57. The number of ether oxygens (including phenoxy) is 2. The summed E-state index contributed by atoms with van der Waals surface area (Å²) in [5.74, 6) is 1.25. The van der Waals surface area contributed by atoms with Crippen LogP contribution in [0.5, 0.6) is 11.5 Å². The first-order chi connectivity index (χ1) is 13.1. The summed E-state index contributed by atoms with van der Waals surface area (Å²) in [5, 5.41) is 0. The Morgan fingerprint density at radius 2 is 1.89 bits per heavy atom. The van der Waals surface area contributed by atoms with Gasteiger partial charge in [-0.1, -0.05) is 60.9 Å². The molecular formula is C21H19NO3S2. The van der Waals surface area contributed by atoms with E-state index >= 15 is 0 Å². The monoisotopic (exact) mass is 397 g/mol. The molecule has 0 spiro atoms. The van der Waals surface area contributed by atoms with E-state index in [9.17, 15) is 4.79 Å². The number of benzene rings is 2. The van der Waals surface area contributed by atoms with Crippen LogP contribution in [0.2, 0.25) is 0 Å². The number of para-hydroxylation sites is 2. The summed E-state index contributed by atoms with van der Waals surface area (Å²) in [6.45, 7) is 6.50. The van der Waals surface area contributed by atoms with Gasteiger partial charge in [0, 0.05) is 0 Å². The minimum Gasteiger partial charge on any atom is -0.492 e. The largest absolute Gasteiger partial charge is 0.492 e. The summed E-state index contributed by atoms with van der Waals surface area (Å²) < 4.78 is 11.6. The molecule has 1 aliphatic heterocycles. The molecule has 0 radical (unpaired) electrons. The maximum absolute atomic E-state index is 12.9. The highest BCUT2D eigenvalue weighted by atomic mass is 32.2. The third-order valence-corrected chi connectivity index (χ3v) is 5.05. The number of hydrogen-bond donors (Lipinski definition) is 0. The number of thioether (sulfide) groups is 1. The van der Waals surface area contributed by atoms with Crippen molar-refractivity contribution in [1.82, 2.24) is 0 Å². The predicted molar refractivity (Wildman–Crippen MR) is 115 cm³/mol. The third kappa shape index (κ3) is 4.40. The van der Waals surface area contributed by atoms with Crippen LogP contribution in [0.4, 0.5) is 5.69 Å². The molecule has 4 nitrogen and oxygen atoms in total. The van der Waals surface area contributed by atoms with E-state index in [0.29, 0.717) is 33.9 Å². The van der Waals surface area contributed by atoms with Crippen LogP contribution in [-0.2, 0) is 4.79 Å². The summed E-state index contributed by atoms with van der Waals surface area (Å²) >= 11 is 6.73. The molecule has 1 heterocycles. The van der Waals surface area contributed by atoms with Gasteiger partial charge in [-0.25, -0.2) is 0 Å². The zero-order valence-corrected chi connectivity index (χ0v) is 16.5. The average Bonchev–Trinajstić information content (AvgIpc) is 2.95. The van der Waals surface area contributed by atoms with Crippen molar-refractivity contribution in [3.8, 4) is 11.5 Å². The zero-order chi connectivity index (χ0) is 19.2. The van der Waals surface area contributed by atoms with E-state index in [0.717, 1.165) is 11.3 Å². The number of hydrogen-bond acceptors (Lipinski definition) is 5. The van der Waals surface area contributed by atoms with Crippen molar-refractivity contribution in [1.29, 1.82) is 0 Å². The van der Waals surface area contributed by atoms with Crippen molar-refractivity contribution in [3.05, 3.63) is 71.7 Å². The fourth-order valence-electron chi connectivity index (χ4n) is 2.56. The second kappa shape index (κ2) is 8.88. The third-order valence-electron chi connectivity index (χ3n) is 3.75. The molecule has 1 saturated heterocycles. The molecule has 6 heteroatoms. The number of carbonyl (C=O) groups excluding carboxylic acids is 1. The van der Waals surface area contributed by atoms with E-state index in [1.807, 2.05) is 61.5 Å². The molecule has 2 aromatic rings. The van der Waals surface area contributed by atoms with Crippen LogP contribution in [-0.4, -0.2) is 23.4 Å². The number of anilines is 1. The molecule has 138 valence electrons. The van der Waals surface area contributed by atoms with E-state index in [2.05, 4.69) is 6.58 Å². The van der Waals surface area contributed by atoms with E-state index in [4.69, 9.17) is 21.7 Å². The zero-order valence-electron chi connectivity index (χ0n) is 14.9. The highest BCUT2D eigenvalue weighted by Crippen LogP contribution is 2.39. The van der Waals surface area contributed by atoms with Crippen molar-refractivity contribution in [2.24, 2.45) is 0 Å². The van der Waals surface area contributed by atoms with Crippen molar-refractivity contribution >= 4 is 46.0 Å². The molecule has 0 aromatic heterocycles. The second-order valence-corrected chi connectivity index (χ2v) is 7.26. The molecule has 2 aromatic carbocycles. The van der Waals surface area contributed by atoms with Crippen LogP contribution >= 0.6 is 24.0 Å². The Kier molecular flexibility index (Phi) is 6.32. The van der Waals surface area contributed by atoms with Gasteiger partial charge in [-0.05, 0) is 42.8 Å². The molecule has 3 rings (SSSR count). The SMILES string of the molecule is C=CCOc1ccc(C=C2SC(=S)N(c3ccccc3OCC)C2=O)cc1. The van der Waals surface area contributed by atoms with E-state index in [1.165, 1.54) is 16.7 Å². The Morgan fingerprint density at radius 1 is 1.15 bits per heavy atom. The number of nitrogens with zero attached hydrogens (tertiary/aromatic N) is 1. The van der Waals surface area contributed by atoms with Gasteiger partial charge in [-0.15, -0.1) is 0 Å². The summed E-state index contributed by atoms with van der Waals surface area (Å²) in [4.78, 5) is 15.0. The molecule has 27 heavy (non-hydrogen) atoms. The minimum atomic E-state index is -0.149.